The monoisotopic (exact) mass is 512 g/mol. The molecule has 0 bridgehead atoms. The number of anilines is 1. The number of benzene rings is 3. The molecule has 1 heterocycles. The van der Waals surface area contributed by atoms with E-state index in [1.807, 2.05) is 0 Å². The third kappa shape index (κ3) is 4.83. The van der Waals surface area contributed by atoms with Crippen molar-refractivity contribution in [1.29, 1.82) is 0 Å². The summed E-state index contributed by atoms with van der Waals surface area (Å²) in [6, 6.07) is 14.9. The van der Waals surface area contributed by atoms with Gasteiger partial charge in [-0.25, -0.2) is 18.5 Å². The highest BCUT2D eigenvalue weighted by atomic mass is 79.9. The van der Waals surface area contributed by atoms with E-state index in [1.165, 1.54) is 36.4 Å². The number of imide groups is 2. The zero-order valence-electron chi connectivity index (χ0n) is 16.8. The lowest BCUT2D eigenvalue weighted by molar-refractivity contribution is -0.122. The molecule has 1 saturated heterocycles. The van der Waals surface area contributed by atoms with E-state index in [1.54, 1.807) is 30.3 Å². The molecule has 1 N–H and O–H groups in total. The van der Waals surface area contributed by atoms with Crippen molar-refractivity contribution in [1.82, 2.24) is 5.32 Å². The molecule has 4 amide bonds. The van der Waals surface area contributed by atoms with Crippen LogP contribution >= 0.6 is 15.9 Å². The standard InChI is InChI=1S/C24H15BrF2N2O4/c25-16-7-10-21(33-13-14-5-8-17(26)9-6-14)15(11-16)12-18-22(30)28-24(32)29(23(18)31)20-4-2-1-3-19(20)27/h1-12H,13H2,(H,28,30,32)/b18-12-. The molecule has 1 fully saturated rings. The van der Waals surface area contributed by atoms with Crippen molar-refractivity contribution in [3.05, 3.63) is 99.5 Å². The van der Waals surface area contributed by atoms with Gasteiger partial charge in [0.2, 0.25) is 0 Å². The van der Waals surface area contributed by atoms with Gasteiger partial charge in [-0.15, -0.1) is 0 Å². The van der Waals surface area contributed by atoms with Crippen molar-refractivity contribution < 1.29 is 27.9 Å². The lowest BCUT2D eigenvalue weighted by atomic mass is 10.1. The Balaban J connectivity index is 1.68. The molecule has 0 spiro atoms. The first kappa shape index (κ1) is 22.3. The van der Waals surface area contributed by atoms with Crippen LogP contribution in [0.15, 0.2) is 76.8 Å². The zero-order chi connectivity index (χ0) is 23.5. The minimum atomic E-state index is -1.05. The molecule has 0 radical (unpaired) electrons. The average molecular weight is 513 g/mol. The van der Waals surface area contributed by atoms with Crippen molar-refractivity contribution in [3.8, 4) is 5.75 Å². The number of barbiturate groups is 1. The first-order valence-electron chi connectivity index (χ1n) is 9.66. The van der Waals surface area contributed by atoms with E-state index in [-0.39, 0.29) is 23.7 Å². The van der Waals surface area contributed by atoms with Crippen molar-refractivity contribution in [2.24, 2.45) is 0 Å². The smallest absolute Gasteiger partial charge is 0.336 e. The molecule has 0 aliphatic carbocycles. The highest BCUT2D eigenvalue weighted by Crippen LogP contribution is 2.29. The third-order valence-electron chi connectivity index (χ3n) is 4.77. The predicted molar refractivity (Wildman–Crippen MR) is 120 cm³/mol. The number of para-hydroxylation sites is 1. The van der Waals surface area contributed by atoms with Gasteiger partial charge in [0.1, 0.15) is 29.6 Å². The molecule has 6 nitrogen and oxygen atoms in total. The summed E-state index contributed by atoms with van der Waals surface area (Å²) in [7, 11) is 0. The Morgan fingerprint density at radius 1 is 0.970 bits per heavy atom. The Morgan fingerprint density at radius 2 is 1.70 bits per heavy atom. The van der Waals surface area contributed by atoms with Crippen LogP contribution in [0.1, 0.15) is 11.1 Å². The minimum Gasteiger partial charge on any atom is -0.488 e. The predicted octanol–water partition coefficient (Wildman–Crippen LogP) is 4.97. The van der Waals surface area contributed by atoms with Crippen LogP contribution in [0.2, 0.25) is 0 Å². The van der Waals surface area contributed by atoms with Crippen LogP contribution in [0.3, 0.4) is 0 Å². The van der Waals surface area contributed by atoms with Gasteiger partial charge in [-0.3, -0.25) is 14.9 Å². The number of halogens is 3. The van der Waals surface area contributed by atoms with Gasteiger partial charge in [-0.1, -0.05) is 40.2 Å². The highest BCUT2D eigenvalue weighted by Gasteiger charge is 2.38. The van der Waals surface area contributed by atoms with Gasteiger partial charge in [0.05, 0.1) is 5.69 Å². The first-order chi connectivity index (χ1) is 15.8. The second-order valence-corrected chi connectivity index (χ2v) is 7.92. The maximum absolute atomic E-state index is 14.2. The van der Waals surface area contributed by atoms with Crippen LogP contribution < -0.4 is 15.0 Å². The number of urea groups is 1. The second-order valence-electron chi connectivity index (χ2n) is 7.01. The Bertz CT molecular complexity index is 1290. The summed E-state index contributed by atoms with van der Waals surface area (Å²) in [4.78, 5) is 38.4. The number of carbonyl (C=O) groups excluding carboxylic acids is 3. The van der Waals surface area contributed by atoms with Gasteiger partial charge in [0, 0.05) is 10.0 Å². The zero-order valence-corrected chi connectivity index (χ0v) is 18.4. The normalized spacial score (nSPS) is 15.1. The van der Waals surface area contributed by atoms with Gasteiger partial charge < -0.3 is 4.74 Å². The average Bonchev–Trinajstić information content (AvgIpc) is 2.78. The first-order valence-corrected chi connectivity index (χ1v) is 10.5. The van der Waals surface area contributed by atoms with E-state index in [2.05, 4.69) is 21.2 Å². The quantitative estimate of drug-likeness (QED) is 0.386. The Kier molecular flexibility index (Phi) is 6.32. The number of nitrogens with zero attached hydrogens (tertiary/aromatic N) is 1. The molecular weight excluding hydrogens is 498 g/mol. The Hall–Kier alpha value is -3.85. The topological polar surface area (TPSA) is 75.7 Å². The van der Waals surface area contributed by atoms with Gasteiger partial charge in [-0.2, -0.15) is 0 Å². The molecule has 3 aromatic rings. The molecule has 166 valence electrons. The van der Waals surface area contributed by atoms with Crippen LogP contribution in [-0.4, -0.2) is 17.8 Å². The summed E-state index contributed by atoms with van der Waals surface area (Å²) in [5.74, 6) is -2.71. The molecule has 33 heavy (non-hydrogen) atoms. The van der Waals surface area contributed by atoms with Crippen LogP contribution in [0.4, 0.5) is 19.3 Å². The number of amides is 4. The van der Waals surface area contributed by atoms with Crippen molar-refractivity contribution in [2.45, 2.75) is 6.61 Å². The fourth-order valence-electron chi connectivity index (χ4n) is 3.17. The summed E-state index contributed by atoms with van der Waals surface area (Å²) in [5.41, 5.74) is 0.427. The number of nitrogens with one attached hydrogen (secondary N) is 1. The third-order valence-corrected chi connectivity index (χ3v) is 5.27. The molecule has 4 rings (SSSR count). The summed E-state index contributed by atoms with van der Waals surface area (Å²) >= 11 is 3.34. The maximum Gasteiger partial charge on any atom is 0.336 e. The van der Waals surface area contributed by atoms with Gasteiger partial charge in [0.25, 0.3) is 11.8 Å². The molecule has 0 saturated carbocycles. The highest BCUT2D eigenvalue weighted by molar-refractivity contribution is 9.10. The fraction of sp³-hybridized carbons (Fsp3) is 0.0417. The van der Waals surface area contributed by atoms with E-state index in [4.69, 9.17) is 4.74 Å². The van der Waals surface area contributed by atoms with E-state index >= 15 is 0 Å². The molecule has 1 aliphatic heterocycles. The number of hydrogen-bond donors (Lipinski definition) is 1. The Morgan fingerprint density at radius 3 is 2.42 bits per heavy atom. The van der Waals surface area contributed by atoms with Gasteiger partial charge in [-0.05, 0) is 54.1 Å². The number of ether oxygens (including phenoxy) is 1. The van der Waals surface area contributed by atoms with Crippen LogP contribution in [0, 0.1) is 11.6 Å². The van der Waals surface area contributed by atoms with Crippen molar-refractivity contribution in [2.75, 3.05) is 4.90 Å². The molecule has 0 aromatic heterocycles. The largest absolute Gasteiger partial charge is 0.488 e. The number of rotatable bonds is 5. The Labute approximate surface area is 195 Å². The lowest BCUT2D eigenvalue weighted by Gasteiger charge is -2.26. The second kappa shape index (κ2) is 9.33. The SMILES string of the molecule is O=C1NC(=O)N(c2ccccc2F)C(=O)/C1=C\c1cc(Br)ccc1OCc1ccc(F)cc1. The van der Waals surface area contributed by atoms with Crippen LogP contribution in [0.5, 0.6) is 5.75 Å². The number of hydrogen-bond acceptors (Lipinski definition) is 4. The van der Waals surface area contributed by atoms with Crippen molar-refractivity contribution in [3.63, 3.8) is 0 Å². The minimum absolute atomic E-state index is 0.109. The van der Waals surface area contributed by atoms with E-state index < -0.39 is 23.7 Å². The lowest BCUT2D eigenvalue weighted by Crippen LogP contribution is -2.54. The molecule has 1 aliphatic rings. The summed E-state index contributed by atoms with van der Waals surface area (Å²) in [6.07, 6.45) is 1.27. The molecule has 9 heteroatoms. The van der Waals surface area contributed by atoms with E-state index in [0.29, 0.717) is 26.2 Å². The molecule has 0 atom stereocenters. The van der Waals surface area contributed by atoms with Gasteiger partial charge in [0.15, 0.2) is 0 Å². The maximum atomic E-state index is 14.2. The van der Waals surface area contributed by atoms with E-state index in [9.17, 15) is 23.2 Å². The summed E-state index contributed by atoms with van der Waals surface area (Å²) in [5, 5.41) is 2.06. The molecule has 3 aromatic carbocycles. The van der Waals surface area contributed by atoms with E-state index in [0.717, 1.165) is 6.07 Å². The number of carbonyl (C=O) groups is 3. The van der Waals surface area contributed by atoms with Crippen LogP contribution in [-0.2, 0) is 16.2 Å². The summed E-state index contributed by atoms with van der Waals surface area (Å²) < 4.78 is 33.8. The summed E-state index contributed by atoms with van der Waals surface area (Å²) in [6.45, 7) is 0.109. The van der Waals surface area contributed by atoms with Gasteiger partial charge >= 0.3 is 6.03 Å². The fourth-order valence-corrected chi connectivity index (χ4v) is 3.55. The van der Waals surface area contributed by atoms with Crippen LogP contribution in [0.25, 0.3) is 6.08 Å². The molecular formula is C24H15BrF2N2O4. The molecule has 0 unspecified atom stereocenters. The van der Waals surface area contributed by atoms with Crippen molar-refractivity contribution >= 4 is 45.5 Å².